The van der Waals surface area contributed by atoms with Crippen LogP contribution in [-0.4, -0.2) is 17.0 Å². The van der Waals surface area contributed by atoms with E-state index in [0.29, 0.717) is 18.4 Å². The van der Waals surface area contributed by atoms with Gasteiger partial charge in [0.15, 0.2) is 5.84 Å². The minimum Gasteiger partial charge on any atom is -0.409 e. The van der Waals surface area contributed by atoms with Crippen LogP contribution in [0.3, 0.4) is 0 Å². The highest BCUT2D eigenvalue weighted by molar-refractivity contribution is 6.30. The van der Waals surface area contributed by atoms with Crippen LogP contribution in [0.25, 0.3) is 0 Å². The summed E-state index contributed by atoms with van der Waals surface area (Å²) in [4.78, 5) is 12.4. The third-order valence-corrected chi connectivity index (χ3v) is 4.22. The number of halogens is 2. The van der Waals surface area contributed by atoms with E-state index in [0.717, 1.165) is 12.8 Å². The number of benzene rings is 1. The van der Waals surface area contributed by atoms with Crippen molar-refractivity contribution in [2.45, 2.75) is 32.2 Å². The van der Waals surface area contributed by atoms with E-state index in [4.69, 9.17) is 22.5 Å². The number of amidine groups is 1. The summed E-state index contributed by atoms with van der Waals surface area (Å²) >= 11 is 5.70. The molecule has 1 aliphatic rings. The van der Waals surface area contributed by atoms with E-state index in [1.165, 1.54) is 12.1 Å². The van der Waals surface area contributed by atoms with Crippen LogP contribution in [-0.2, 0) is 11.3 Å². The number of amides is 1. The molecule has 1 aromatic rings. The predicted octanol–water partition coefficient (Wildman–Crippen LogP) is 2.40. The van der Waals surface area contributed by atoms with E-state index in [1.807, 2.05) is 0 Å². The fourth-order valence-corrected chi connectivity index (χ4v) is 2.88. The van der Waals surface area contributed by atoms with Crippen molar-refractivity contribution < 1.29 is 14.4 Å². The van der Waals surface area contributed by atoms with Gasteiger partial charge in [0.2, 0.25) is 5.91 Å². The van der Waals surface area contributed by atoms with Gasteiger partial charge in [-0.15, -0.1) is 0 Å². The molecule has 0 aliphatic heterocycles. The van der Waals surface area contributed by atoms with Crippen LogP contribution >= 0.6 is 11.6 Å². The molecule has 1 aliphatic carbocycles. The second kappa shape index (κ2) is 6.30. The molecule has 0 radical (unpaired) electrons. The van der Waals surface area contributed by atoms with Gasteiger partial charge in [0.1, 0.15) is 11.2 Å². The first-order valence-corrected chi connectivity index (χ1v) is 7.07. The first-order chi connectivity index (χ1) is 9.99. The van der Waals surface area contributed by atoms with Crippen molar-refractivity contribution in [2.75, 3.05) is 0 Å². The topological polar surface area (TPSA) is 87.7 Å². The Kier molecular flexibility index (Phi) is 4.67. The number of carbonyl (C=O) groups is 1. The van der Waals surface area contributed by atoms with E-state index in [-0.39, 0.29) is 23.3 Å². The van der Waals surface area contributed by atoms with Crippen LogP contribution in [0.15, 0.2) is 23.4 Å². The maximum absolute atomic E-state index is 13.1. The molecular formula is C14H17ClFN3O2. The van der Waals surface area contributed by atoms with Gasteiger partial charge < -0.3 is 16.3 Å². The second-order valence-electron chi connectivity index (χ2n) is 5.21. The molecule has 0 spiro atoms. The van der Waals surface area contributed by atoms with Crippen molar-refractivity contribution in [1.29, 1.82) is 0 Å². The number of nitrogens with one attached hydrogen (secondary N) is 1. The Hall–Kier alpha value is -1.82. The third kappa shape index (κ3) is 3.10. The normalized spacial score (nSPS) is 17.7. The Morgan fingerprint density at radius 1 is 1.48 bits per heavy atom. The molecule has 2 rings (SSSR count). The van der Waals surface area contributed by atoms with E-state index >= 15 is 0 Å². The summed E-state index contributed by atoms with van der Waals surface area (Å²) in [5.41, 5.74) is 5.43. The summed E-state index contributed by atoms with van der Waals surface area (Å²) < 4.78 is 13.1. The van der Waals surface area contributed by atoms with Crippen LogP contribution in [0, 0.1) is 11.2 Å². The number of rotatable bonds is 4. The average Bonchev–Trinajstić information content (AvgIpc) is 2.98. The molecule has 21 heavy (non-hydrogen) atoms. The van der Waals surface area contributed by atoms with Gasteiger partial charge in [0, 0.05) is 6.54 Å². The zero-order chi connectivity index (χ0) is 15.5. The highest BCUT2D eigenvalue weighted by atomic mass is 35.5. The maximum atomic E-state index is 13.1. The lowest BCUT2D eigenvalue weighted by Crippen LogP contribution is -2.48. The van der Waals surface area contributed by atoms with Gasteiger partial charge in [0.05, 0.1) is 5.02 Å². The molecule has 114 valence electrons. The maximum Gasteiger partial charge on any atom is 0.234 e. The summed E-state index contributed by atoms with van der Waals surface area (Å²) in [5, 5.41) is 14.7. The van der Waals surface area contributed by atoms with Gasteiger partial charge in [-0.3, -0.25) is 4.79 Å². The molecule has 4 N–H and O–H groups in total. The van der Waals surface area contributed by atoms with Crippen LogP contribution in [0.2, 0.25) is 5.02 Å². The number of nitrogens with zero attached hydrogens (tertiary/aromatic N) is 1. The summed E-state index contributed by atoms with van der Waals surface area (Å²) in [7, 11) is 0. The Bertz CT molecular complexity index is 571. The molecular weight excluding hydrogens is 297 g/mol. The molecule has 0 unspecified atom stereocenters. The number of hydrogen-bond donors (Lipinski definition) is 3. The summed E-state index contributed by atoms with van der Waals surface area (Å²) in [6.45, 7) is 0.208. The summed E-state index contributed by atoms with van der Waals surface area (Å²) in [5.74, 6) is -0.846. The molecule has 1 saturated carbocycles. The predicted molar refractivity (Wildman–Crippen MR) is 77.6 cm³/mol. The van der Waals surface area contributed by atoms with Crippen molar-refractivity contribution in [3.8, 4) is 0 Å². The Labute approximate surface area is 127 Å². The van der Waals surface area contributed by atoms with Crippen LogP contribution < -0.4 is 11.1 Å². The lowest BCUT2D eigenvalue weighted by molar-refractivity contribution is -0.127. The number of carbonyl (C=O) groups excluding carboxylic acids is 1. The average molecular weight is 314 g/mol. The van der Waals surface area contributed by atoms with Crippen LogP contribution in [0.5, 0.6) is 0 Å². The lowest BCUT2D eigenvalue weighted by atomic mass is 9.83. The highest BCUT2D eigenvalue weighted by Crippen LogP contribution is 2.38. The van der Waals surface area contributed by atoms with Gasteiger partial charge in [-0.2, -0.15) is 0 Å². The molecule has 0 atom stereocenters. The molecule has 0 bridgehead atoms. The lowest BCUT2D eigenvalue weighted by Gasteiger charge is -2.26. The van der Waals surface area contributed by atoms with E-state index < -0.39 is 11.2 Å². The van der Waals surface area contributed by atoms with Gasteiger partial charge >= 0.3 is 0 Å². The Morgan fingerprint density at radius 3 is 2.71 bits per heavy atom. The fourth-order valence-electron chi connectivity index (χ4n) is 2.67. The quantitative estimate of drug-likeness (QED) is 0.345. The summed E-state index contributed by atoms with van der Waals surface area (Å²) in [6, 6.07) is 4.26. The highest BCUT2D eigenvalue weighted by Gasteiger charge is 2.45. The Balaban J connectivity index is 2.08. The molecule has 0 heterocycles. The SMILES string of the molecule is NC(=NO)C1(C(=O)NCc2ccc(F)c(Cl)c2)CCCC1. The molecule has 1 fully saturated rings. The van der Waals surface area contributed by atoms with Gasteiger partial charge in [-0.1, -0.05) is 35.7 Å². The van der Waals surface area contributed by atoms with Crippen molar-refractivity contribution in [1.82, 2.24) is 5.32 Å². The summed E-state index contributed by atoms with van der Waals surface area (Å²) in [6.07, 6.45) is 2.82. The van der Waals surface area contributed by atoms with Crippen LogP contribution in [0.1, 0.15) is 31.2 Å². The Morgan fingerprint density at radius 2 is 2.14 bits per heavy atom. The van der Waals surface area contributed by atoms with Crippen molar-refractivity contribution in [3.05, 3.63) is 34.6 Å². The zero-order valence-corrected chi connectivity index (χ0v) is 12.2. The third-order valence-electron chi connectivity index (χ3n) is 3.93. The van der Waals surface area contributed by atoms with E-state index in [1.54, 1.807) is 6.07 Å². The minimum atomic E-state index is -0.946. The molecule has 5 nitrogen and oxygen atoms in total. The van der Waals surface area contributed by atoms with Crippen molar-refractivity contribution in [2.24, 2.45) is 16.3 Å². The molecule has 1 amide bonds. The van der Waals surface area contributed by atoms with Gasteiger partial charge in [0.25, 0.3) is 0 Å². The zero-order valence-electron chi connectivity index (χ0n) is 11.4. The van der Waals surface area contributed by atoms with E-state index in [9.17, 15) is 9.18 Å². The number of oxime groups is 1. The smallest absolute Gasteiger partial charge is 0.234 e. The first kappa shape index (κ1) is 15.6. The molecule has 1 aromatic carbocycles. The first-order valence-electron chi connectivity index (χ1n) is 6.70. The van der Waals surface area contributed by atoms with Crippen molar-refractivity contribution in [3.63, 3.8) is 0 Å². The largest absolute Gasteiger partial charge is 0.409 e. The minimum absolute atomic E-state index is 0.00811. The number of hydrogen-bond acceptors (Lipinski definition) is 3. The molecule has 0 aromatic heterocycles. The second-order valence-corrected chi connectivity index (χ2v) is 5.61. The van der Waals surface area contributed by atoms with Gasteiger partial charge in [-0.05, 0) is 30.5 Å². The van der Waals surface area contributed by atoms with E-state index in [2.05, 4.69) is 10.5 Å². The standard InChI is InChI=1S/C14H17ClFN3O2/c15-10-7-9(3-4-11(10)16)8-18-13(20)14(12(17)19-21)5-1-2-6-14/h3-4,7,21H,1-2,5-6,8H2,(H2,17,19)(H,18,20). The molecule has 7 heteroatoms. The monoisotopic (exact) mass is 313 g/mol. The van der Waals surface area contributed by atoms with Crippen molar-refractivity contribution >= 4 is 23.3 Å². The fraction of sp³-hybridized carbons (Fsp3) is 0.429. The van der Waals surface area contributed by atoms with Crippen LogP contribution in [0.4, 0.5) is 4.39 Å². The van der Waals surface area contributed by atoms with Gasteiger partial charge in [-0.25, -0.2) is 4.39 Å². The number of nitrogens with two attached hydrogens (primary N) is 1. The molecule has 0 saturated heterocycles.